The molecule has 22 heavy (non-hydrogen) atoms. The van der Waals surface area contributed by atoms with Crippen LogP contribution in [-0.4, -0.2) is 12.5 Å². The van der Waals surface area contributed by atoms with Gasteiger partial charge in [0.25, 0.3) is 0 Å². The third-order valence-electron chi connectivity index (χ3n) is 3.24. The minimum atomic E-state index is -0.198. The van der Waals surface area contributed by atoms with Crippen LogP contribution < -0.4 is 10.6 Å². The zero-order valence-electron chi connectivity index (χ0n) is 12.1. The van der Waals surface area contributed by atoms with E-state index < -0.39 is 0 Å². The third kappa shape index (κ3) is 4.32. The molecule has 5 heteroatoms. The minimum absolute atomic E-state index is 0.00402. The molecular weight excluding hydrogens is 298 g/mol. The predicted molar refractivity (Wildman–Crippen MR) is 87.7 cm³/mol. The number of nitrogens with zero attached hydrogens (tertiary/aromatic N) is 1. The summed E-state index contributed by atoms with van der Waals surface area (Å²) < 4.78 is 0. The van der Waals surface area contributed by atoms with Crippen LogP contribution in [-0.2, 0) is 4.79 Å². The van der Waals surface area contributed by atoms with E-state index in [1.165, 1.54) is 0 Å². The average molecular weight is 314 g/mol. The molecule has 0 spiro atoms. The standard InChI is InChI=1S/C17H16ClN3O/c1-12(13-6-4-7-15(18)9-13)20-11-17(22)21-16-8-3-2-5-14(16)10-19/h2-9,12,20H,11H2,1H3,(H,21,22)/t12-/m0/s1. The van der Waals surface area contributed by atoms with E-state index in [2.05, 4.69) is 10.6 Å². The summed E-state index contributed by atoms with van der Waals surface area (Å²) in [7, 11) is 0. The summed E-state index contributed by atoms with van der Waals surface area (Å²) in [5, 5.41) is 15.5. The van der Waals surface area contributed by atoms with Crippen LogP contribution >= 0.6 is 11.6 Å². The number of rotatable bonds is 5. The van der Waals surface area contributed by atoms with Crippen molar-refractivity contribution >= 4 is 23.2 Å². The zero-order valence-corrected chi connectivity index (χ0v) is 12.9. The first-order valence-electron chi connectivity index (χ1n) is 6.88. The highest BCUT2D eigenvalue weighted by molar-refractivity contribution is 6.30. The maximum absolute atomic E-state index is 12.0. The third-order valence-corrected chi connectivity index (χ3v) is 3.47. The molecule has 2 N–H and O–H groups in total. The lowest BCUT2D eigenvalue weighted by Crippen LogP contribution is -2.30. The number of nitrogens with one attached hydrogen (secondary N) is 2. The van der Waals surface area contributed by atoms with Crippen LogP contribution in [0.3, 0.4) is 0 Å². The number of anilines is 1. The number of halogens is 1. The van der Waals surface area contributed by atoms with Gasteiger partial charge in [0.2, 0.25) is 5.91 Å². The Morgan fingerprint density at radius 3 is 2.77 bits per heavy atom. The van der Waals surface area contributed by atoms with Gasteiger partial charge in [0.1, 0.15) is 6.07 Å². The lowest BCUT2D eigenvalue weighted by atomic mass is 10.1. The molecular formula is C17H16ClN3O. The first-order valence-corrected chi connectivity index (χ1v) is 7.26. The Labute approximate surface area is 134 Å². The fourth-order valence-electron chi connectivity index (χ4n) is 2.02. The Kier molecular flexibility index (Phi) is 5.54. The fourth-order valence-corrected chi connectivity index (χ4v) is 2.22. The Balaban J connectivity index is 1.92. The van der Waals surface area contributed by atoms with Gasteiger partial charge in [0, 0.05) is 11.1 Å². The normalized spacial score (nSPS) is 11.5. The molecule has 0 aliphatic heterocycles. The molecule has 0 aromatic heterocycles. The Morgan fingerprint density at radius 2 is 2.05 bits per heavy atom. The van der Waals surface area contributed by atoms with Gasteiger partial charge in [0.05, 0.1) is 17.8 Å². The van der Waals surface area contributed by atoms with Crippen molar-refractivity contribution in [1.82, 2.24) is 5.32 Å². The number of amides is 1. The van der Waals surface area contributed by atoms with Gasteiger partial charge in [-0.1, -0.05) is 35.9 Å². The van der Waals surface area contributed by atoms with Crippen molar-refractivity contribution in [1.29, 1.82) is 5.26 Å². The molecule has 0 fully saturated rings. The van der Waals surface area contributed by atoms with E-state index in [9.17, 15) is 4.79 Å². The van der Waals surface area contributed by atoms with E-state index in [-0.39, 0.29) is 18.5 Å². The van der Waals surface area contributed by atoms with Crippen LogP contribution in [0.25, 0.3) is 0 Å². The Hall–Kier alpha value is -2.35. The van der Waals surface area contributed by atoms with Crippen LogP contribution in [0.1, 0.15) is 24.1 Å². The maximum atomic E-state index is 12.0. The minimum Gasteiger partial charge on any atom is -0.324 e. The lowest BCUT2D eigenvalue weighted by molar-refractivity contribution is -0.115. The fraction of sp³-hybridized carbons (Fsp3) is 0.176. The molecule has 2 aromatic carbocycles. The molecule has 2 aromatic rings. The quantitative estimate of drug-likeness (QED) is 0.888. The highest BCUT2D eigenvalue weighted by Gasteiger charge is 2.09. The summed E-state index contributed by atoms with van der Waals surface area (Å²) in [6.45, 7) is 2.11. The molecule has 4 nitrogen and oxygen atoms in total. The average Bonchev–Trinajstić information content (AvgIpc) is 2.53. The van der Waals surface area contributed by atoms with Gasteiger partial charge in [-0.05, 0) is 36.8 Å². The largest absolute Gasteiger partial charge is 0.324 e. The summed E-state index contributed by atoms with van der Waals surface area (Å²) in [6.07, 6.45) is 0. The van der Waals surface area contributed by atoms with Crippen molar-refractivity contribution in [2.45, 2.75) is 13.0 Å². The number of benzene rings is 2. The SMILES string of the molecule is C[C@H](NCC(=O)Nc1ccccc1C#N)c1cccc(Cl)c1. The van der Waals surface area contributed by atoms with Crippen LogP contribution in [0.15, 0.2) is 48.5 Å². The van der Waals surface area contributed by atoms with Gasteiger partial charge in [-0.15, -0.1) is 0 Å². The number of carbonyl (C=O) groups excluding carboxylic acids is 1. The number of hydrogen-bond acceptors (Lipinski definition) is 3. The van der Waals surface area contributed by atoms with E-state index in [1.54, 1.807) is 24.3 Å². The summed E-state index contributed by atoms with van der Waals surface area (Å²) in [4.78, 5) is 12.0. The predicted octanol–water partition coefficient (Wildman–Crippen LogP) is 3.50. The second-order valence-corrected chi connectivity index (χ2v) is 5.30. The molecule has 1 amide bonds. The molecule has 0 aliphatic carbocycles. The van der Waals surface area contributed by atoms with E-state index in [0.29, 0.717) is 16.3 Å². The molecule has 1 atom stereocenters. The van der Waals surface area contributed by atoms with Crippen molar-refractivity contribution in [2.24, 2.45) is 0 Å². The summed E-state index contributed by atoms with van der Waals surface area (Å²) in [5.74, 6) is -0.198. The molecule has 0 bridgehead atoms. The molecule has 0 unspecified atom stereocenters. The van der Waals surface area contributed by atoms with Crippen LogP contribution in [0.4, 0.5) is 5.69 Å². The highest BCUT2D eigenvalue weighted by Crippen LogP contribution is 2.17. The smallest absolute Gasteiger partial charge is 0.238 e. The highest BCUT2D eigenvalue weighted by atomic mass is 35.5. The summed E-state index contributed by atoms with van der Waals surface area (Å²) in [6, 6.07) is 16.4. The van der Waals surface area contributed by atoms with E-state index in [1.807, 2.05) is 37.3 Å². The van der Waals surface area contributed by atoms with Crippen molar-refractivity contribution in [3.05, 3.63) is 64.7 Å². The number of nitriles is 1. The second-order valence-electron chi connectivity index (χ2n) is 4.86. The zero-order chi connectivity index (χ0) is 15.9. The van der Waals surface area contributed by atoms with E-state index in [4.69, 9.17) is 16.9 Å². The van der Waals surface area contributed by atoms with Crippen LogP contribution in [0.2, 0.25) is 5.02 Å². The first-order chi connectivity index (χ1) is 10.6. The molecule has 0 saturated carbocycles. The molecule has 0 saturated heterocycles. The summed E-state index contributed by atoms with van der Waals surface area (Å²) in [5.41, 5.74) is 1.98. The molecule has 0 heterocycles. The van der Waals surface area contributed by atoms with Gasteiger partial charge in [-0.2, -0.15) is 5.26 Å². The van der Waals surface area contributed by atoms with Crippen molar-refractivity contribution in [2.75, 3.05) is 11.9 Å². The van der Waals surface area contributed by atoms with Gasteiger partial charge in [-0.3, -0.25) is 4.79 Å². The van der Waals surface area contributed by atoms with Crippen LogP contribution in [0, 0.1) is 11.3 Å². The number of hydrogen-bond donors (Lipinski definition) is 2. The topological polar surface area (TPSA) is 64.9 Å². The molecule has 112 valence electrons. The summed E-state index contributed by atoms with van der Waals surface area (Å²) >= 11 is 5.95. The molecule has 0 radical (unpaired) electrons. The first kappa shape index (κ1) is 16.0. The van der Waals surface area contributed by atoms with E-state index in [0.717, 1.165) is 5.56 Å². The maximum Gasteiger partial charge on any atom is 0.238 e. The van der Waals surface area contributed by atoms with Gasteiger partial charge in [0.15, 0.2) is 0 Å². The Morgan fingerprint density at radius 1 is 1.27 bits per heavy atom. The van der Waals surface area contributed by atoms with Crippen molar-refractivity contribution < 1.29 is 4.79 Å². The van der Waals surface area contributed by atoms with Gasteiger partial charge < -0.3 is 10.6 Å². The van der Waals surface area contributed by atoms with Gasteiger partial charge >= 0.3 is 0 Å². The second kappa shape index (κ2) is 7.60. The van der Waals surface area contributed by atoms with E-state index >= 15 is 0 Å². The monoisotopic (exact) mass is 313 g/mol. The number of carbonyl (C=O) groups is 1. The van der Waals surface area contributed by atoms with Crippen molar-refractivity contribution in [3.63, 3.8) is 0 Å². The molecule has 2 rings (SSSR count). The van der Waals surface area contributed by atoms with Crippen molar-refractivity contribution in [3.8, 4) is 6.07 Å². The van der Waals surface area contributed by atoms with Crippen LogP contribution in [0.5, 0.6) is 0 Å². The lowest BCUT2D eigenvalue weighted by Gasteiger charge is -2.14. The Bertz CT molecular complexity index is 709. The number of para-hydroxylation sites is 1. The molecule has 0 aliphatic rings. The van der Waals surface area contributed by atoms with Gasteiger partial charge in [-0.25, -0.2) is 0 Å².